The molecule has 0 saturated carbocycles. The summed E-state index contributed by atoms with van der Waals surface area (Å²) in [5.74, 6) is 1.20. The minimum Gasteiger partial charge on any atom is -0.476 e. The molecule has 0 bridgehead atoms. The van der Waals surface area contributed by atoms with Crippen LogP contribution in [0.2, 0.25) is 0 Å². The number of carbonyl (C=O) groups is 2. The van der Waals surface area contributed by atoms with Gasteiger partial charge in [0, 0.05) is 65.0 Å². The molecule has 9 rings (SSSR count). The highest BCUT2D eigenvalue weighted by molar-refractivity contribution is 6.04. The van der Waals surface area contributed by atoms with Crippen molar-refractivity contribution in [3.8, 4) is 11.8 Å². The quantitative estimate of drug-likeness (QED) is 0.127. The number of hydrogen-bond acceptors (Lipinski definition) is 12. The number of nitrogens with one attached hydrogen (secondary N) is 2. The molecule has 1 unspecified atom stereocenters. The van der Waals surface area contributed by atoms with Gasteiger partial charge < -0.3 is 29.6 Å². The average Bonchev–Trinajstić information content (AvgIpc) is 4.06. The Morgan fingerprint density at radius 3 is 2.05 bits per heavy atom. The van der Waals surface area contributed by atoms with Gasteiger partial charge in [0.1, 0.15) is 28.5 Å². The molecule has 16 nitrogen and oxygen atoms in total. The summed E-state index contributed by atoms with van der Waals surface area (Å²) in [4.78, 5) is 52.1. The summed E-state index contributed by atoms with van der Waals surface area (Å²) in [5, 5.41) is 5.60. The van der Waals surface area contributed by atoms with E-state index in [2.05, 4.69) is 40.5 Å². The second-order valence-electron chi connectivity index (χ2n) is 15.4. The van der Waals surface area contributed by atoms with Gasteiger partial charge in [-0.05, 0) is 89.5 Å². The number of ether oxygens (including phenoxy) is 4. The van der Waals surface area contributed by atoms with Gasteiger partial charge in [-0.2, -0.15) is 9.97 Å². The maximum absolute atomic E-state index is 12.9. The third-order valence-electron chi connectivity index (χ3n) is 10.6. The lowest BCUT2D eigenvalue weighted by Gasteiger charge is -2.19. The van der Waals surface area contributed by atoms with Crippen LogP contribution < -0.4 is 20.1 Å². The number of aromatic nitrogens is 8. The Hall–Kier alpha value is -6.14. The predicted molar refractivity (Wildman–Crippen MR) is 235 cm³/mol. The van der Waals surface area contributed by atoms with Gasteiger partial charge in [0.25, 0.3) is 18.2 Å². The smallest absolute Gasteiger partial charge is 0.280 e. The van der Waals surface area contributed by atoms with Crippen LogP contribution in [0.4, 0.5) is 20.2 Å². The van der Waals surface area contributed by atoms with Crippen molar-refractivity contribution >= 4 is 34.7 Å². The fraction of sp³-hybridized carbons (Fsp3) is 0.467. The molecule has 338 valence electrons. The molecule has 3 aliphatic rings. The molecule has 2 fully saturated rings. The number of fused-ring (bicyclic) bond motifs is 3. The number of halogens is 2. The Morgan fingerprint density at radius 2 is 1.41 bits per heavy atom. The summed E-state index contributed by atoms with van der Waals surface area (Å²) in [5.41, 5.74) is 4.74. The van der Waals surface area contributed by atoms with Gasteiger partial charge in [-0.3, -0.25) is 18.4 Å². The van der Waals surface area contributed by atoms with E-state index in [-0.39, 0.29) is 32.4 Å². The molecule has 0 radical (unpaired) electrons. The van der Waals surface area contributed by atoms with Crippen LogP contribution in [0.1, 0.15) is 137 Å². The molecule has 2 aliphatic heterocycles. The van der Waals surface area contributed by atoms with Gasteiger partial charge in [0.15, 0.2) is 0 Å². The highest BCUT2D eigenvalue weighted by atomic mass is 19.3. The van der Waals surface area contributed by atoms with Crippen molar-refractivity contribution in [3.05, 3.63) is 94.8 Å². The molecule has 63 heavy (non-hydrogen) atoms. The maximum atomic E-state index is 12.9. The molecule has 2 saturated heterocycles. The van der Waals surface area contributed by atoms with Crippen molar-refractivity contribution in [1.29, 1.82) is 0 Å². The second-order valence-corrected chi connectivity index (χ2v) is 15.4. The summed E-state index contributed by atoms with van der Waals surface area (Å²) in [6.45, 7) is 12.9. The van der Waals surface area contributed by atoms with Gasteiger partial charge in [0.2, 0.25) is 23.3 Å². The van der Waals surface area contributed by atoms with E-state index >= 15 is 0 Å². The standard InChI is InChI=1S/C22H25N5O3.C21H23F2N5O3.C2H6.2H2/c1-2-30-21-19(24-20(28)17-7-6-14-4-3-5-16(14)23-17)13-27-12-18(25-22(27)26-21)15-8-10-29-11-9-15;1-12(2)31-20-17(25-19(29)15-7-3-6-14(24-15)18(22)23)10-28-9-16(26-21(28)27-20)13-5-4-8-30-11-13;1-2;;/h6-7,12-13,15H,2-5,8-11H2,1H3,(H,24,28);3,6-7,9-10,12-13,18H,4-5,8,11H2,1-2H3,(H,25,29);1-2H3;2*1H. The van der Waals surface area contributed by atoms with Crippen LogP contribution in [-0.2, 0) is 22.3 Å². The molecule has 0 spiro atoms. The first-order valence-electron chi connectivity index (χ1n) is 21.7. The number of imidazole rings is 2. The van der Waals surface area contributed by atoms with Crippen LogP contribution in [0.5, 0.6) is 11.8 Å². The van der Waals surface area contributed by atoms with Crippen LogP contribution in [-0.4, -0.2) is 89.7 Å². The largest absolute Gasteiger partial charge is 0.476 e. The van der Waals surface area contributed by atoms with E-state index in [1.807, 2.05) is 63.7 Å². The average molecular weight is 873 g/mol. The zero-order chi connectivity index (χ0) is 44.5. The van der Waals surface area contributed by atoms with E-state index in [1.54, 1.807) is 16.7 Å². The molecule has 0 aromatic carbocycles. The maximum Gasteiger partial charge on any atom is 0.280 e. The second kappa shape index (κ2) is 20.8. The third-order valence-corrected chi connectivity index (χ3v) is 10.6. The SMILES string of the molecule is CC.CC(C)Oc1nc2nc(C3CCCOC3)cn2cc1NC(=O)c1cccc(C(F)F)n1.CCOc1nc2nc(C3CCOCC3)cn2cc1NC(=O)c1ccc2c(n1)CCC2.[HH].[HH]. The number of nitrogens with zero attached hydrogens (tertiary/aromatic N) is 8. The Bertz CT molecular complexity index is 2530. The first kappa shape index (κ1) is 44.9. The third kappa shape index (κ3) is 10.9. The zero-order valence-electron chi connectivity index (χ0n) is 36.3. The molecule has 1 aliphatic carbocycles. The monoisotopic (exact) mass is 872 g/mol. The predicted octanol–water partition coefficient (Wildman–Crippen LogP) is 8.67. The summed E-state index contributed by atoms with van der Waals surface area (Å²) < 4.78 is 51.9. The molecule has 1 atom stereocenters. The van der Waals surface area contributed by atoms with Crippen LogP contribution in [0.25, 0.3) is 11.6 Å². The fourth-order valence-corrected chi connectivity index (χ4v) is 7.56. The van der Waals surface area contributed by atoms with Crippen molar-refractivity contribution < 1.29 is 40.2 Å². The van der Waals surface area contributed by atoms with E-state index in [1.165, 1.54) is 23.8 Å². The topological polar surface area (TPSA) is 181 Å². The summed E-state index contributed by atoms with van der Waals surface area (Å²) >= 11 is 0. The van der Waals surface area contributed by atoms with Crippen LogP contribution in [0.15, 0.2) is 55.1 Å². The van der Waals surface area contributed by atoms with Crippen molar-refractivity contribution in [1.82, 2.24) is 38.7 Å². The highest BCUT2D eigenvalue weighted by Crippen LogP contribution is 2.31. The number of amides is 2. The fourth-order valence-electron chi connectivity index (χ4n) is 7.56. The number of hydrogen-bond donors (Lipinski definition) is 2. The lowest BCUT2D eigenvalue weighted by atomic mass is 9.97. The van der Waals surface area contributed by atoms with E-state index in [0.717, 1.165) is 81.8 Å². The molecular weight excluding hydrogens is 815 g/mol. The number of carbonyl (C=O) groups excluding carboxylic acids is 2. The number of aryl methyl sites for hydroxylation is 2. The summed E-state index contributed by atoms with van der Waals surface area (Å²) in [6, 6.07) is 7.70. The molecular formula is C45H58F2N10O6. The molecule has 6 aromatic heterocycles. The van der Waals surface area contributed by atoms with E-state index in [4.69, 9.17) is 18.9 Å². The Labute approximate surface area is 367 Å². The van der Waals surface area contributed by atoms with Crippen molar-refractivity contribution in [2.45, 2.75) is 104 Å². The van der Waals surface area contributed by atoms with E-state index in [0.29, 0.717) is 53.6 Å². The van der Waals surface area contributed by atoms with Crippen molar-refractivity contribution in [2.75, 3.05) is 43.7 Å². The molecule has 18 heteroatoms. The molecule has 6 aromatic rings. The summed E-state index contributed by atoms with van der Waals surface area (Å²) in [7, 11) is 0. The normalized spacial score (nSPS) is 16.2. The zero-order valence-corrected chi connectivity index (χ0v) is 36.3. The van der Waals surface area contributed by atoms with Crippen molar-refractivity contribution in [2.24, 2.45) is 0 Å². The Balaban J connectivity index is 0.000000229. The van der Waals surface area contributed by atoms with E-state index in [9.17, 15) is 18.4 Å². The van der Waals surface area contributed by atoms with Gasteiger partial charge in [0.05, 0.1) is 30.7 Å². The van der Waals surface area contributed by atoms with Gasteiger partial charge in [-0.15, -0.1) is 0 Å². The lowest BCUT2D eigenvalue weighted by Crippen LogP contribution is -2.17. The lowest BCUT2D eigenvalue weighted by molar-refractivity contribution is 0.0794. The van der Waals surface area contributed by atoms with Gasteiger partial charge in [-0.1, -0.05) is 26.0 Å². The minimum atomic E-state index is -2.77. The number of alkyl halides is 2. The first-order chi connectivity index (χ1) is 30.6. The number of pyridine rings is 2. The van der Waals surface area contributed by atoms with Crippen LogP contribution in [0.3, 0.4) is 0 Å². The van der Waals surface area contributed by atoms with Crippen LogP contribution >= 0.6 is 0 Å². The Kier molecular flexibility index (Phi) is 14.8. The Morgan fingerprint density at radius 1 is 0.762 bits per heavy atom. The van der Waals surface area contributed by atoms with Gasteiger partial charge >= 0.3 is 0 Å². The van der Waals surface area contributed by atoms with Crippen LogP contribution in [0, 0.1) is 0 Å². The highest BCUT2D eigenvalue weighted by Gasteiger charge is 2.24. The van der Waals surface area contributed by atoms with E-state index < -0.39 is 18.0 Å². The minimum absolute atomic E-state index is 0. The number of rotatable bonds is 11. The van der Waals surface area contributed by atoms with Gasteiger partial charge in [-0.25, -0.2) is 28.7 Å². The molecule has 2 amide bonds. The number of anilines is 2. The van der Waals surface area contributed by atoms with Crippen molar-refractivity contribution in [3.63, 3.8) is 0 Å². The molecule has 2 N–H and O–H groups in total. The summed E-state index contributed by atoms with van der Waals surface area (Å²) in [6.07, 6.45) is 11.3. The molecule has 8 heterocycles. The first-order valence-corrected chi connectivity index (χ1v) is 21.7.